The maximum absolute atomic E-state index is 12.3. The molecule has 2 rings (SSSR count). The van der Waals surface area contributed by atoms with E-state index in [2.05, 4.69) is 24.1 Å². The Balaban J connectivity index is 1.83. The van der Waals surface area contributed by atoms with Gasteiger partial charge in [0.25, 0.3) is 0 Å². The summed E-state index contributed by atoms with van der Waals surface area (Å²) in [5, 5.41) is 3.34. The molecule has 1 saturated carbocycles. The molecule has 1 aliphatic heterocycles. The minimum Gasteiger partial charge on any atom is -0.337 e. The maximum Gasteiger partial charge on any atom is 0.223 e. The van der Waals surface area contributed by atoms with Crippen LogP contribution in [0, 0.1) is 11.8 Å². The van der Waals surface area contributed by atoms with E-state index in [1.54, 1.807) is 0 Å². The highest BCUT2D eigenvalue weighted by Gasteiger charge is 2.27. The average Bonchev–Trinajstić information content (AvgIpc) is 2.29. The molecule has 98 valence electrons. The molecule has 0 spiro atoms. The van der Waals surface area contributed by atoms with Crippen molar-refractivity contribution in [3.8, 4) is 0 Å². The molecule has 2 fully saturated rings. The van der Waals surface area contributed by atoms with E-state index in [0.29, 0.717) is 17.9 Å². The highest BCUT2D eigenvalue weighted by Crippen LogP contribution is 2.31. The first kappa shape index (κ1) is 12.9. The first-order chi connectivity index (χ1) is 8.16. The van der Waals surface area contributed by atoms with E-state index in [1.165, 1.54) is 25.7 Å². The average molecular weight is 238 g/mol. The Bertz CT molecular complexity index is 267. The van der Waals surface area contributed by atoms with Gasteiger partial charge in [0.05, 0.1) is 0 Å². The molecule has 1 heterocycles. The molecular weight excluding hydrogens is 212 g/mol. The van der Waals surface area contributed by atoms with Gasteiger partial charge in [0.1, 0.15) is 0 Å². The van der Waals surface area contributed by atoms with E-state index < -0.39 is 0 Å². The van der Waals surface area contributed by atoms with E-state index in [1.807, 2.05) is 0 Å². The van der Waals surface area contributed by atoms with Crippen LogP contribution in [-0.2, 0) is 4.79 Å². The number of carbonyl (C=O) groups excluding carboxylic acids is 1. The Labute approximate surface area is 105 Å². The second kappa shape index (κ2) is 5.85. The topological polar surface area (TPSA) is 32.3 Å². The van der Waals surface area contributed by atoms with Crippen molar-refractivity contribution in [1.29, 1.82) is 0 Å². The predicted octanol–water partition coefficient (Wildman–Crippen LogP) is 2.02. The maximum atomic E-state index is 12.3. The summed E-state index contributed by atoms with van der Waals surface area (Å²) < 4.78 is 0. The summed E-state index contributed by atoms with van der Waals surface area (Å²) in [5.74, 6) is 1.86. The Kier molecular flexibility index (Phi) is 4.43. The summed E-state index contributed by atoms with van der Waals surface area (Å²) in [6.07, 6.45) is 5.97. The van der Waals surface area contributed by atoms with Crippen LogP contribution in [0.2, 0.25) is 0 Å². The van der Waals surface area contributed by atoms with Crippen LogP contribution in [0.5, 0.6) is 0 Å². The van der Waals surface area contributed by atoms with Crippen molar-refractivity contribution in [3.05, 3.63) is 0 Å². The fraction of sp³-hybridized carbons (Fsp3) is 0.929. The third-order valence-corrected chi connectivity index (χ3v) is 4.33. The van der Waals surface area contributed by atoms with Crippen LogP contribution in [0.4, 0.5) is 0 Å². The van der Waals surface area contributed by atoms with Gasteiger partial charge >= 0.3 is 0 Å². The van der Waals surface area contributed by atoms with Gasteiger partial charge in [-0.3, -0.25) is 4.79 Å². The Morgan fingerprint density at radius 1 is 1.35 bits per heavy atom. The van der Waals surface area contributed by atoms with Crippen molar-refractivity contribution in [2.45, 2.75) is 52.0 Å². The fourth-order valence-corrected chi connectivity index (χ4v) is 3.32. The number of nitrogens with one attached hydrogen (secondary N) is 1. The first-order valence-corrected chi connectivity index (χ1v) is 7.17. The second-order valence-electron chi connectivity index (χ2n) is 5.98. The number of hydrogen-bond donors (Lipinski definition) is 1. The van der Waals surface area contributed by atoms with Crippen molar-refractivity contribution in [1.82, 2.24) is 10.2 Å². The van der Waals surface area contributed by atoms with E-state index in [-0.39, 0.29) is 0 Å². The van der Waals surface area contributed by atoms with Crippen molar-refractivity contribution >= 4 is 5.91 Å². The van der Waals surface area contributed by atoms with E-state index >= 15 is 0 Å². The van der Waals surface area contributed by atoms with Crippen LogP contribution in [0.25, 0.3) is 0 Å². The summed E-state index contributed by atoms with van der Waals surface area (Å²) >= 11 is 0. The van der Waals surface area contributed by atoms with Gasteiger partial charge in [0, 0.05) is 32.1 Å². The van der Waals surface area contributed by atoms with Gasteiger partial charge in [-0.25, -0.2) is 0 Å². The Morgan fingerprint density at radius 3 is 2.88 bits per heavy atom. The van der Waals surface area contributed by atoms with Crippen LogP contribution < -0.4 is 5.32 Å². The predicted molar refractivity (Wildman–Crippen MR) is 69.8 cm³/mol. The van der Waals surface area contributed by atoms with Gasteiger partial charge in [-0.1, -0.05) is 19.8 Å². The van der Waals surface area contributed by atoms with E-state index in [4.69, 9.17) is 0 Å². The second-order valence-corrected chi connectivity index (χ2v) is 5.98. The highest BCUT2D eigenvalue weighted by atomic mass is 16.2. The molecule has 0 aromatic heterocycles. The number of amides is 1. The number of rotatable bonds is 2. The fourth-order valence-electron chi connectivity index (χ4n) is 3.32. The van der Waals surface area contributed by atoms with Gasteiger partial charge in [-0.2, -0.15) is 0 Å². The van der Waals surface area contributed by atoms with Crippen LogP contribution >= 0.6 is 0 Å². The number of nitrogens with zero attached hydrogens (tertiary/aromatic N) is 1. The van der Waals surface area contributed by atoms with Gasteiger partial charge in [0.15, 0.2) is 0 Å². The summed E-state index contributed by atoms with van der Waals surface area (Å²) in [6, 6.07) is 0.372. The minimum atomic E-state index is 0.372. The zero-order valence-electron chi connectivity index (χ0n) is 11.2. The standard InChI is InChI=1S/C14H26N2O/c1-11-4-3-5-13(8-11)9-14(17)16-7-6-15-10-12(16)2/h11-13,15H,3-10H2,1-2H3/t11?,12-,13?/m0/s1. The molecule has 1 aliphatic carbocycles. The Hall–Kier alpha value is -0.570. The van der Waals surface area contributed by atoms with Gasteiger partial charge in [0.2, 0.25) is 5.91 Å². The molecule has 2 aliphatic rings. The zero-order chi connectivity index (χ0) is 12.3. The lowest BCUT2D eigenvalue weighted by atomic mass is 9.80. The number of hydrogen-bond acceptors (Lipinski definition) is 2. The summed E-state index contributed by atoms with van der Waals surface area (Å²) in [7, 11) is 0. The molecule has 0 aromatic rings. The molecule has 1 N–H and O–H groups in total. The van der Waals surface area contributed by atoms with Crippen molar-refractivity contribution in [3.63, 3.8) is 0 Å². The number of carbonyl (C=O) groups is 1. The van der Waals surface area contributed by atoms with Crippen LogP contribution in [0.3, 0.4) is 0 Å². The lowest BCUT2D eigenvalue weighted by Gasteiger charge is -2.36. The monoisotopic (exact) mass is 238 g/mol. The van der Waals surface area contributed by atoms with Crippen molar-refractivity contribution in [2.75, 3.05) is 19.6 Å². The van der Waals surface area contributed by atoms with E-state index in [0.717, 1.165) is 32.0 Å². The van der Waals surface area contributed by atoms with Gasteiger partial charge < -0.3 is 10.2 Å². The summed E-state index contributed by atoms with van der Waals surface area (Å²) in [6.45, 7) is 7.27. The third kappa shape index (κ3) is 3.44. The molecule has 3 nitrogen and oxygen atoms in total. The van der Waals surface area contributed by atoms with Crippen molar-refractivity contribution in [2.24, 2.45) is 11.8 Å². The molecule has 1 amide bonds. The van der Waals surface area contributed by atoms with Crippen molar-refractivity contribution < 1.29 is 4.79 Å². The minimum absolute atomic E-state index is 0.372. The molecule has 1 saturated heterocycles. The van der Waals surface area contributed by atoms with Gasteiger partial charge in [-0.15, -0.1) is 0 Å². The molecule has 3 heteroatoms. The summed E-state index contributed by atoms with van der Waals surface area (Å²) in [5.41, 5.74) is 0. The molecule has 3 atom stereocenters. The third-order valence-electron chi connectivity index (χ3n) is 4.33. The highest BCUT2D eigenvalue weighted by molar-refractivity contribution is 5.77. The van der Waals surface area contributed by atoms with Crippen LogP contribution in [0.1, 0.15) is 46.0 Å². The van der Waals surface area contributed by atoms with Gasteiger partial charge in [-0.05, 0) is 31.6 Å². The molecule has 17 heavy (non-hydrogen) atoms. The number of piperazine rings is 1. The zero-order valence-corrected chi connectivity index (χ0v) is 11.2. The smallest absolute Gasteiger partial charge is 0.223 e. The van der Waals surface area contributed by atoms with Crippen LogP contribution in [-0.4, -0.2) is 36.5 Å². The molecule has 0 radical (unpaired) electrons. The molecule has 0 bridgehead atoms. The Morgan fingerprint density at radius 2 is 2.18 bits per heavy atom. The quantitative estimate of drug-likeness (QED) is 0.798. The lowest BCUT2D eigenvalue weighted by Crippen LogP contribution is -2.52. The van der Waals surface area contributed by atoms with E-state index in [9.17, 15) is 4.79 Å². The molecule has 2 unspecified atom stereocenters. The van der Waals surface area contributed by atoms with Crippen LogP contribution in [0.15, 0.2) is 0 Å². The largest absolute Gasteiger partial charge is 0.337 e. The lowest BCUT2D eigenvalue weighted by molar-refractivity contribution is -0.135. The molecule has 0 aromatic carbocycles. The SMILES string of the molecule is CC1CCCC(CC(=O)N2CCNC[C@@H]2C)C1. The first-order valence-electron chi connectivity index (χ1n) is 7.17. The summed E-state index contributed by atoms with van der Waals surface area (Å²) in [4.78, 5) is 14.4. The normalized spacial score (nSPS) is 34.7. The molecular formula is C14H26N2O.